The molecular weight excluding hydrogens is 458 g/mol. The Balaban J connectivity index is 0.000000292. The van der Waals surface area contributed by atoms with Gasteiger partial charge in [0.25, 0.3) is 0 Å². The normalized spacial score (nSPS) is 22.2. The van der Waals surface area contributed by atoms with Crippen LogP contribution in [0.5, 0.6) is 5.75 Å². The molecule has 1 fully saturated rings. The molecule has 188 valence electrons. The van der Waals surface area contributed by atoms with Crippen LogP contribution in [0.3, 0.4) is 0 Å². The molecule has 4 rings (SSSR count). The van der Waals surface area contributed by atoms with Gasteiger partial charge in [-0.2, -0.15) is 0 Å². The number of fused-ring (bicyclic) bond motifs is 3. The van der Waals surface area contributed by atoms with Gasteiger partial charge in [0.1, 0.15) is 5.75 Å². The molecule has 0 aromatic heterocycles. The first-order chi connectivity index (χ1) is 16.5. The van der Waals surface area contributed by atoms with Crippen LogP contribution in [-0.4, -0.2) is 82.4 Å². The maximum absolute atomic E-state index is 12.2. The standard InChI is InChI=1S/C20H23N3O2.C4H6O6/c1-20-11-12-22(2)18(20)23(3)17-10-9-15(13-16(17)20)25-19(24)21-14-7-5-4-6-8-14;5-1(3(7)8)2(6)4(9)10/h4-10,13,18H,11-12H2,1-3H3,(H,21,24);1-2,5-6H,(H,7,8)(H,9,10)/t18-,20+;/m0./s1. The van der Waals surface area contributed by atoms with Crippen molar-refractivity contribution in [3.05, 3.63) is 54.1 Å². The smallest absolute Gasteiger partial charge is 0.417 e. The SMILES string of the molecule is CN1CC[C@]2(C)c3cc(OC(=O)Nc4ccccc4)ccc3N(C)[C@H]12.O=C(O)C(O)C(O)C(=O)O. The summed E-state index contributed by atoms with van der Waals surface area (Å²) < 4.78 is 5.52. The summed E-state index contributed by atoms with van der Waals surface area (Å²) in [6.45, 7) is 3.38. The van der Waals surface area contributed by atoms with Crippen LogP contribution in [0.1, 0.15) is 18.9 Å². The third-order valence-electron chi connectivity index (χ3n) is 6.34. The van der Waals surface area contributed by atoms with Gasteiger partial charge in [0.15, 0.2) is 12.2 Å². The lowest BCUT2D eigenvalue weighted by Gasteiger charge is -2.32. The first kappa shape index (κ1) is 25.9. The zero-order chi connectivity index (χ0) is 25.9. The highest BCUT2D eigenvalue weighted by Gasteiger charge is 2.52. The van der Waals surface area contributed by atoms with E-state index < -0.39 is 30.2 Å². The van der Waals surface area contributed by atoms with E-state index in [0.717, 1.165) is 18.7 Å². The number of anilines is 2. The van der Waals surface area contributed by atoms with Gasteiger partial charge in [-0.15, -0.1) is 0 Å². The molecule has 0 saturated carbocycles. The van der Waals surface area contributed by atoms with E-state index in [1.165, 1.54) is 11.3 Å². The van der Waals surface area contributed by atoms with Crippen molar-refractivity contribution in [2.75, 3.05) is 30.9 Å². The Morgan fingerprint density at radius 1 is 1.03 bits per heavy atom. The molecule has 35 heavy (non-hydrogen) atoms. The van der Waals surface area contributed by atoms with E-state index in [2.05, 4.69) is 42.2 Å². The average Bonchev–Trinajstić information content (AvgIpc) is 3.24. The van der Waals surface area contributed by atoms with Crippen molar-refractivity contribution in [2.45, 2.75) is 37.1 Å². The Morgan fingerprint density at radius 2 is 1.63 bits per heavy atom. The van der Waals surface area contributed by atoms with E-state index in [4.69, 9.17) is 25.2 Å². The quantitative estimate of drug-likeness (QED) is 0.419. The van der Waals surface area contributed by atoms with Crippen LogP contribution < -0.4 is 15.0 Å². The van der Waals surface area contributed by atoms with Gasteiger partial charge in [0.2, 0.25) is 0 Å². The van der Waals surface area contributed by atoms with E-state index in [1.54, 1.807) is 0 Å². The second-order valence-electron chi connectivity index (χ2n) is 8.76. The fraction of sp³-hybridized carbons (Fsp3) is 0.375. The van der Waals surface area contributed by atoms with Gasteiger partial charge < -0.3 is 30.1 Å². The Labute approximate surface area is 202 Å². The van der Waals surface area contributed by atoms with E-state index in [-0.39, 0.29) is 5.41 Å². The fourth-order valence-electron chi connectivity index (χ4n) is 4.66. The molecule has 0 radical (unpaired) electrons. The number of carboxylic acid groups (broad SMARTS) is 2. The monoisotopic (exact) mass is 487 g/mol. The van der Waals surface area contributed by atoms with Crippen molar-refractivity contribution in [3.63, 3.8) is 0 Å². The zero-order valence-corrected chi connectivity index (χ0v) is 19.6. The largest absolute Gasteiger partial charge is 0.479 e. The van der Waals surface area contributed by atoms with Crippen molar-refractivity contribution in [2.24, 2.45) is 0 Å². The van der Waals surface area contributed by atoms with Crippen molar-refractivity contribution in [1.82, 2.24) is 4.90 Å². The molecule has 1 amide bonds. The van der Waals surface area contributed by atoms with Gasteiger partial charge in [-0.1, -0.05) is 25.1 Å². The third-order valence-corrected chi connectivity index (χ3v) is 6.34. The molecule has 2 aliphatic rings. The number of nitrogens with one attached hydrogen (secondary N) is 1. The molecule has 2 aliphatic heterocycles. The molecule has 2 unspecified atom stereocenters. The maximum atomic E-state index is 12.2. The lowest BCUT2D eigenvalue weighted by molar-refractivity contribution is -0.165. The molecule has 0 bridgehead atoms. The summed E-state index contributed by atoms with van der Waals surface area (Å²) in [6, 6.07) is 15.3. The summed E-state index contributed by atoms with van der Waals surface area (Å²) in [4.78, 5) is 36.4. The summed E-state index contributed by atoms with van der Waals surface area (Å²) in [6.07, 6.45) is -3.54. The third kappa shape index (κ3) is 5.37. The van der Waals surface area contributed by atoms with Gasteiger partial charge >= 0.3 is 18.0 Å². The maximum Gasteiger partial charge on any atom is 0.417 e. The number of rotatable bonds is 5. The number of amides is 1. The van der Waals surface area contributed by atoms with Gasteiger partial charge in [0.05, 0.1) is 6.17 Å². The van der Waals surface area contributed by atoms with E-state index in [9.17, 15) is 14.4 Å². The minimum atomic E-state index is -2.27. The van der Waals surface area contributed by atoms with Crippen LogP contribution in [0.15, 0.2) is 48.5 Å². The number of carbonyl (C=O) groups is 3. The molecule has 5 N–H and O–H groups in total. The molecule has 0 spiro atoms. The highest BCUT2D eigenvalue weighted by molar-refractivity contribution is 5.86. The van der Waals surface area contributed by atoms with Crippen LogP contribution in [-0.2, 0) is 15.0 Å². The predicted molar refractivity (Wildman–Crippen MR) is 127 cm³/mol. The van der Waals surface area contributed by atoms with E-state index >= 15 is 0 Å². The Bertz CT molecular complexity index is 1080. The summed E-state index contributed by atoms with van der Waals surface area (Å²) >= 11 is 0. The molecule has 4 atom stereocenters. The topological polar surface area (TPSA) is 160 Å². The molecule has 2 aromatic carbocycles. The molecule has 2 heterocycles. The van der Waals surface area contributed by atoms with Gasteiger partial charge in [-0.3, -0.25) is 10.2 Å². The number of nitrogens with zero attached hydrogens (tertiary/aromatic N) is 2. The molecule has 11 heteroatoms. The predicted octanol–water partition coefficient (Wildman–Crippen LogP) is 1.54. The fourth-order valence-corrected chi connectivity index (χ4v) is 4.66. The number of aliphatic hydroxyl groups excluding tert-OH is 2. The summed E-state index contributed by atoms with van der Waals surface area (Å²) in [5, 5.41) is 35.3. The Morgan fingerprint density at radius 3 is 2.20 bits per heavy atom. The molecule has 11 nitrogen and oxygen atoms in total. The number of carbonyl (C=O) groups excluding carboxylic acids is 1. The van der Waals surface area contributed by atoms with Crippen LogP contribution in [0.25, 0.3) is 0 Å². The van der Waals surface area contributed by atoms with Crippen LogP contribution in [0.4, 0.5) is 16.2 Å². The lowest BCUT2D eigenvalue weighted by Crippen LogP contribution is -2.45. The van der Waals surface area contributed by atoms with Crippen LogP contribution in [0.2, 0.25) is 0 Å². The minimum absolute atomic E-state index is 0.0636. The van der Waals surface area contributed by atoms with Crippen molar-refractivity contribution < 1.29 is 39.5 Å². The van der Waals surface area contributed by atoms with Gasteiger partial charge in [-0.05, 0) is 49.4 Å². The summed E-state index contributed by atoms with van der Waals surface area (Å²) in [7, 11) is 4.31. The number of likely N-dealkylation sites (N-methyl/N-ethyl adjacent to an activating group) is 2. The van der Waals surface area contributed by atoms with Crippen molar-refractivity contribution in [3.8, 4) is 5.75 Å². The summed E-state index contributed by atoms with van der Waals surface area (Å²) in [5.74, 6) is -2.96. The number of carboxylic acids is 2. The minimum Gasteiger partial charge on any atom is -0.479 e. The number of hydrogen-bond donors (Lipinski definition) is 5. The second kappa shape index (κ2) is 10.3. The van der Waals surface area contributed by atoms with Crippen molar-refractivity contribution in [1.29, 1.82) is 0 Å². The number of para-hydroxylation sites is 1. The Kier molecular flexibility index (Phi) is 7.64. The molecule has 0 aliphatic carbocycles. The highest BCUT2D eigenvalue weighted by atomic mass is 16.6. The summed E-state index contributed by atoms with van der Waals surface area (Å²) in [5.41, 5.74) is 3.26. The number of ether oxygens (including phenoxy) is 1. The van der Waals surface area contributed by atoms with Crippen molar-refractivity contribution >= 4 is 29.4 Å². The number of benzene rings is 2. The average molecular weight is 488 g/mol. The number of likely N-dealkylation sites (tertiary alicyclic amines) is 1. The van der Waals surface area contributed by atoms with E-state index in [0.29, 0.717) is 11.9 Å². The van der Waals surface area contributed by atoms with E-state index in [1.807, 2.05) is 42.5 Å². The Hall–Kier alpha value is -3.67. The molecule has 1 saturated heterocycles. The number of hydrogen-bond acceptors (Lipinski definition) is 8. The lowest BCUT2D eigenvalue weighted by atomic mass is 9.81. The van der Waals surface area contributed by atoms with Gasteiger partial charge in [-0.25, -0.2) is 14.4 Å². The number of aliphatic hydroxyl groups is 2. The first-order valence-electron chi connectivity index (χ1n) is 10.9. The first-order valence-corrected chi connectivity index (χ1v) is 10.9. The van der Waals surface area contributed by atoms with Gasteiger partial charge in [0, 0.05) is 30.4 Å². The van der Waals surface area contributed by atoms with Crippen LogP contribution >= 0.6 is 0 Å². The number of aliphatic carboxylic acids is 2. The molecular formula is C24H29N3O8. The zero-order valence-electron chi connectivity index (χ0n) is 19.6. The van der Waals surface area contributed by atoms with Crippen LogP contribution in [0, 0.1) is 0 Å². The second-order valence-corrected chi connectivity index (χ2v) is 8.76. The highest BCUT2D eigenvalue weighted by Crippen LogP contribution is 2.51. The molecule has 2 aromatic rings.